The lowest BCUT2D eigenvalue weighted by molar-refractivity contribution is -0.142. The monoisotopic (exact) mass is 241 g/mol. The SMILES string of the molecule is CC(C)(C)CCCCNC(=O)C(=O)C(C)(C)C. The third kappa shape index (κ3) is 7.94. The lowest BCUT2D eigenvalue weighted by Gasteiger charge is -2.18. The fourth-order valence-electron chi connectivity index (χ4n) is 1.40. The van der Waals surface area contributed by atoms with Gasteiger partial charge in [0.2, 0.25) is 5.78 Å². The number of carbonyl (C=O) groups excluding carboxylic acids is 2. The molecule has 0 radical (unpaired) electrons. The van der Waals surface area contributed by atoms with Gasteiger partial charge in [0.15, 0.2) is 0 Å². The number of ketones is 1. The average molecular weight is 241 g/mol. The molecule has 1 amide bonds. The Hall–Kier alpha value is -0.860. The topological polar surface area (TPSA) is 46.2 Å². The molecule has 0 aromatic rings. The second-order valence-corrected chi connectivity index (χ2v) is 6.85. The standard InChI is InChI=1S/C14H27NO2/c1-13(2,3)9-7-8-10-15-12(17)11(16)14(4,5)6/h7-10H2,1-6H3,(H,15,17). The number of rotatable bonds is 5. The molecule has 0 saturated heterocycles. The van der Waals surface area contributed by atoms with Gasteiger partial charge in [-0.25, -0.2) is 0 Å². The van der Waals surface area contributed by atoms with Crippen molar-refractivity contribution in [3.63, 3.8) is 0 Å². The van der Waals surface area contributed by atoms with E-state index in [1.165, 1.54) is 0 Å². The van der Waals surface area contributed by atoms with Crippen molar-refractivity contribution in [1.29, 1.82) is 0 Å². The lowest BCUT2D eigenvalue weighted by atomic mass is 9.89. The van der Waals surface area contributed by atoms with Crippen LogP contribution in [0.25, 0.3) is 0 Å². The van der Waals surface area contributed by atoms with Gasteiger partial charge in [-0.2, -0.15) is 0 Å². The van der Waals surface area contributed by atoms with E-state index in [4.69, 9.17) is 0 Å². The molecule has 0 aliphatic carbocycles. The van der Waals surface area contributed by atoms with Gasteiger partial charge < -0.3 is 5.32 Å². The molecule has 1 N–H and O–H groups in total. The van der Waals surface area contributed by atoms with E-state index in [0.717, 1.165) is 19.3 Å². The van der Waals surface area contributed by atoms with Crippen LogP contribution < -0.4 is 5.32 Å². The highest BCUT2D eigenvalue weighted by Gasteiger charge is 2.27. The molecule has 0 unspecified atom stereocenters. The molecule has 0 bridgehead atoms. The Balaban J connectivity index is 3.77. The van der Waals surface area contributed by atoms with Crippen molar-refractivity contribution in [2.45, 2.75) is 60.8 Å². The van der Waals surface area contributed by atoms with E-state index >= 15 is 0 Å². The predicted octanol–water partition coefficient (Wildman–Crippen LogP) is 2.93. The molecule has 0 rings (SSSR count). The summed E-state index contributed by atoms with van der Waals surface area (Å²) in [5, 5.41) is 2.69. The highest BCUT2D eigenvalue weighted by Crippen LogP contribution is 2.21. The highest BCUT2D eigenvalue weighted by molar-refractivity contribution is 6.37. The molecule has 0 heterocycles. The maximum Gasteiger partial charge on any atom is 0.287 e. The number of hydrogen-bond acceptors (Lipinski definition) is 2. The summed E-state index contributed by atoms with van der Waals surface area (Å²) in [6.45, 7) is 12.5. The van der Waals surface area contributed by atoms with Gasteiger partial charge in [0.1, 0.15) is 0 Å². The normalized spacial score (nSPS) is 12.4. The Labute approximate surface area is 105 Å². The Bertz CT molecular complexity index is 269. The summed E-state index contributed by atoms with van der Waals surface area (Å²) in [4.78, 5) is 23.1. The Morgan fingerprint density at radius 2 is 1.47 bits per heavy atom. The van der Waals surface area contributed by atoms with Gasteiger partial charge in [-0.1, -0.05) is 48.0 Å². The zero-order chi connectivity index (χ0) is 13.7. The molecule has 17 heavy (non-hydrogen) atoms. The first kappa shape index (κ1) is 16.1. The van der Waals surface area contributed by atoms with Gasteiger partial charge in [-0.05, 0) is 18.3 Å². The van der Waals surface area contributed by atoms with Crippen molar-refractivity contribution in [3.05, 3.63) is 0 Å². The molecule has 0 aliphatic rings. The first-order chi connectivity index (χ1) is 7.54. The number of amides is 1. The summed E-state index contributed by atoms with van der Waals surface area (Å²) in [5.74, 6) is -0.790. The predicted molar refractivity (Wildman–Crippen MR) is 70.8 cm³/mol. The Morgan fingerprint density at radius 3 is 1.88 bits per heavy atom. The van der Waals surface area contributed by atoms with E-state index < -0.39 is 11.3 Å². The van der Waals surface area contributed by atoms with E-state index in [1.54, 1.807) is 20.8 Å². The van der Waals surface area contributed by atoms with Crippen LogP contribution in [-0.4, -0.2) is 18.2 Å². The van der Waals surface area contributed by atoms with Gasteiger partial charge in [0.25, 0.3) is 5.91 Å². The second-order valence-electron chi connectivity index (χ2n) is 6.85. The number of unbranched alkanes of at least 4 members (excludes halogenated alkanes) is 1. The van der Waals surface area contributed by atoms with Crippen LogP contribution in [-0.2, 0) is 9.59 Å². The zero-order valence-corrected chi connectivity index (χ0v) is 12.1. The van der Waals surface area contributed by atoms with Crippen molar-refractivity contribution < 1.29 is 9.59 Å². The molecule has 0 fully saturated rings. The maximum atomic E-state index is 11.6. The molecule has 0 saturated carbocycles. The fraction of sp³-hybridized carbons (Fsp3) is 0.857. The smallest absolute Gasteiger partial charge is 0.287 e. The molecule has 100 valence electrons. The Morgan fingerprint density at radius 1 is 0.941 bits per heavy atom. The quantitative estimate of drug-likeness (QED) is 0.594. The summed E-state index contributed by atoms with van der Waals surface area (Å²) in [6.07, 6.45) is 3.14. The second kappa shape index (κ2) is 6.18. The van der Waals surface area contributed by atoms with E-state index in [1.807, 2.05) is 0 Å². The third-order valence-corrected chi connectivity index (χ3v) is 2.53. The van der Waals surface area contributed by atoms with E-state index in [0.29, 0.717) is 12.0 Å². The summed E-state index contributed by atoms with van der Waals surface area (Å²) < 4.78 is 0. The summed E-state index contributed by atoms with van der Waals surface area (Å²) in [7, 11) is 0. The van der Waals surface area contributed by atoms with Crippen molar-refractivity contribution in [2.24, 2.45) is 10.8 Å². The molecule has 3 nitrogen and oxygen atoms in total. The first-order valence-electron chi connectivity index (χ1n) is 6.37. The minimum absolute atomic E-state index is 0.339. The molecule has 0 atom stereocenters. The number of Topliss-reactive ketones (excluding diaryl/α,β-unsaturated/α-hetero) is 1. The molecule has 0 aromatic heterocycles. The summed E-state index contributed by atoms with van der Waals surface area (Å²) >= 11 is 0. The molecule has 0 aromatic carbocycles. The van der Waals surface area contributed by atoms with Crippen LogP contribution in [0.3, 0.4) is 0 Å². The van der Waals surface area contributed by atoms with Crippen LogP contribution in [0.4, 0.5) is 0 Å². The molecule has 0 spiro atoms. The van der Waals surface area contributed by atoms with Crippen molar-refractivity contribution in [2.75, 3.05) is 6.54 Å². The maximum absolute atomic E-state index is 11.6. The Kier molecular flexibility index (Phi) is 5.86. The van der Waals surface area contributed by atoms with Gasteiger partial charge >= 0.3 is 0 Å². The highest BCUT2D eigenvalue weighted by atomic mass is 16.2. The van der Waals surface area contributed by atoms with Crippen LogP contribution in [0.5, 0.6) is 0 Å². The number of nitrogens with one attached hydrogen (secondary N) is 1. The lowest BCUT2D eigenvalue weighted by Crippen LogP contribution is -2.38. The van der Waals surface area contributed by atoms with Crippen molar-refractivity contribution in [3.8, 4) is 0 Å². The van der Waals surface area contributed by atoms with Crippen LogP contribution in [0, 0.1) is 10.8 Å². The molecule has 0 aliphatic heterocycles. The first-order valence-corrected chi connectivity index (χ1v) is 6.37. The average Bonchev–Trinajstić information content (AvgIpc) is 2.12. The van der Waals surface area contributed by atoms with Crippen LogP contribution in [0.1, 0.15) is 60.8 Å². The summed E-state index contributed by atoms with van der Waals surface area (Å²) in [6, 6.07) is 0. The zero-order valence-electron chi connectivity index (χ0n) is 12.1. The van der Waals surface area contributed by atoms with Crippen LogP contribution in [0.2, 0.25) is 0 Å². The minimum atomic E-state index is -0.588. The van der Waals surface area contributed by atoms with Crippen LogP contribution >= 0.6 is 0 Å². The van der Waals surface area contributed by atoms with Crippen molar-refractivity contribution >= 4 is 11.7 Å². The largest absolute Gasteiger partial charge is 0.349 e. The van der Waals surface area contributed by atoms with Gasteiger partial charge in [0, 0.05) is 12.0 Å². The van der Waals surface area contributed by atoms with Crippen LogP contribution in [0.15, 0.2) is 0 Å². The summed E-state index contributed by atoms with van der Waals surface area (Å²) in [5.41, 5.74) is -0.249. The molecule has 3 heteroatoms. The van der Waals surface area contributed by atoms with E-state index in [-0.39, 0.29) is 5.78 Å². The van der Waals surface area contributed by atoms with Gasteiger partial charge in [0.05, 0.1) is 0 Å². The number of carbonyl (C=O) groups is 2. The van der Waals surface area contributed by atoms with Gasteiger partial charge in [-0.15, -0.1) is 0 Å². The minimum Gasteiger partial charge on any atom is -0.349 e. The van der Waals surface area contributed by atoms with E-state index in [9.17, 15) is 9.59 Å². The number of hydrogen-bond donors (Lipinski definition) is 1. The van der Waals surface area contributed by atoms with Crippen molar-refractivity contribution in [1.82, 2.24) is 5.32 Å². The molecular weight excluding hydrogens is 214 g/mol. The molecular formula is C14H27NO2. The van der Waals surface area contributed by atoms with Gasteiger partial charge in [-0.3, -0.25) is 9.59 Å². The third-order valence-electron chi connectivity index (χ3n) is 2.53. The fourth-order valence-corrected chi connectivity index (χ4v) is 1.40. The van der Waals surface area contributed by atoms with E-state index in [2.05, 4.69) is 26.1 Å².